The molecule has 1 aliphatic rings. The topological polar surface area (TPSA) is 186 Å². The maximum atomic E-state index is 14.1. The lowest BCUT2D eigenvalue weighted by Gasteiger charge is -2.30. The number of benzene rings is 2. The Kier molecular flexibility index (Phi) is 17.5. The highest BCUT2D eigenvalue weighted by atomic mass is 16.5. The SMILES string of the molecule is CC(C)CC(NC(=O)[C@H](Cc1ccccc1)NC(=O)[C@H](CC(C)C)NC(=O)[C@H](CCc1ccccc1)NC(=O)CN1CCOCC1)C(=O)C(C)(O)CO. The molecule has 3 rings (SSSR count). The Morgan fingerprint density at radius 2 is 1.21 bits per heavy atom. The Balaban J connectivity index is 1.84. The van der Waals surface area contributed by atoms with Crippen molar-refractivity contribution in [1.29, 1.82) is 0 Å². The molecule has 13 nitrogen and oxygen atoms in total. The van der Waals surface area contributed by atoms with Gasteiger partial charge in [-0.2, -0.15) is 0 Å². The van der Waals surface area contributed by atoms with Crippen LogP contribution in [0.25, 0.3) is 0 Å². The minimum atomic E-state index is -2.08. The molecule has 0 spiro atoms. The summed E-state index contributed by atoms with van der Waals surface area (Å²) < 4.78 is 5.39. The second kappa shape index (κ2) is 21.5. The van der Waals surface area contributed by atoms with Gasteiger partial charge in [0.1, 0.15) is 23.7 Å². The number of rotatable bonds is 21. The highest BCUT2D eigenvalue weighted by Crippen LogP contribution is 2.16. The van der Waals surface area contributed by atoms with Crippen LogP contribution in [0, 0.1) is 11.8 Å². The predicted octanol–water partition coefficient (Wildman–Crippen LogP) is 1.54. The van der Waals surface area contributed by atoms with E-state index in [9.17, 15) is 34.2 Å². The number of hydrogen-bond donors (Lipinski definition) is 6. The first-order valence-corrected chi connectivity index (χ1v) is 18.6. The predicted molar refractivity (Wildman–Crippen MR) is 202 cm³/mol. The summed E-state index contributed by atoms with van der Waals surface area (Å²) >= 11 is 0. The van der Waals surface area contributed by atoms with Gasteiger partial charge in [0, 0.05) is 19.5 Å². The molecule has 13 heteroatoms. The number of amides is 4. The molecule has 2 unspecified atom stereocenters. The Labute approximate surface area is 313 Å². The zero-order valence-corrected chi connectivity index (χ0v) is 31.8. The number of nitrogens with zero attached hydrogens (tertiary/aromatic N) is 1. The summed E-state index contributed by atoms with van der Waals surface area (Å²) in [6, 6.07) is 14.4. The van der Waals surface area contributed by atoms with Gasteiger partial charge in [-0.05, 0) is 55.6 Å². The standard InChI is InChI=1S/C40H59N5O8/c1-27(2)22-32(36(48)40(5,52)26-46)42-39(51)34(24-30-14-10-7-11-15-30)44-38(50)33(23-28(3)4)43-37(49)31(17-16-29-12-8-6-9-13-29)41-35(47)25-45-18-20-53-21-19-45/h6-15,27-28,31-34,46,52H,16-26H2,1-5H3,(H,41,47)(H,42,51)(H,43,49)(H,44,50)/t31-,32?,33-,34-,40?/m0/s1. The molecule has 1 aliphatic heterocycles. The lowest BCUT2D eigenvalue weighted by atomic mass is 9.90. The van der Waals surface area contributed by atoms with Crippen LogP contribution in [0.2, 0.25) is 0 Å². The van der Waals surface area contributed by atoms with Gasteiger partial charge < -0.3 is 36.2 Å². The van der Waals surface area contributed by atoms with E-state index in [1.165, 1.54) is 6.92 Å². The minimum Gasteiger partial charge on any atom is -0.393 e. The second-order valence-electron chi connectivity index (χ2n) is 15.0. The van der Waals surface area contributed by atoms with Gasteiger partial charge in [-0.1, -0.05) is 88.4 Å². The number of hydrogen-bond acceptors (Lipinski definition) is 9. The number of carbonyl (C=O) groups is 5. The molecule has 292 valence electrons. The fraction of sp³-hybridized carbons (Fsp3) is 0.575. The minimum absolute atomic E-state index is 0.0279. The molecule has 1 heterocycles. The first-order valence-electron chi connectivity index (χ1n) is 18.6. The van der Waals surface area contributed by atoms with Crippen LogP contribution in [-0.4, -0.2) is 114 Å². The van der Waals surface area contributed by atoms with Gasteiger partial charge in [0.05, 0.1) is 32.4 Å². The molecular weight excluding hydrogens is 678 g/mol. The zero-order chi connectivity index (χ0) is 39.0. The Hall–Kier alpha value is -4.17. The van der Waals surface area contributed by atoms with E-state index in [4.69, 9.17) is 4.74 Å². The average Bonchev–Trinajstić information content (AvgIpc) is 3.12. The van der Waals surface area contributed by atoms with Crippen molar-refractivity contribution in [3.8, 4) is 0 Å². The van der Waals surface area contributed by atoms with Crippen molar-refractivity contribution in [2.24, 2.45) is 11.8 Å². The fourth-order valence-corrected chi connectivity index (χ4v) is 6.16. The van der Waals surface area contributed by atoms with Crippen LogP contribution in [0.1, 0.15) is 65.0 Å². The van der Waals surface area contributed by atoms with Crippen LogP contribution >= 0.6 is 0 Å². The molecule has 2 aromatic rings. The summed E-state index contributed by atoms with van der Waals surface area (Å²) in [6.07, 6.45) is 1.33. The summed E-state index contributed by atoms with van der Waals surface area (Å²) in [5.74, 6) is -2.89. The van der Waals surface area contributed by atoms with E-state index in [2.05, 4.69) is 21.3 Å². The molecule has 0 bridgehead atoms. The number of nitrogens with one attached hydrogen (secondary N) is 4. The molecule has 2 aromatic carbocycles. The van der Waals surface area contributed by atoms with E-state index in [0.29, 0.717) is 39.1 Å². The highest BCUT2D eigenvalue weighted by molar-refractivity contribution is 5.97. The summed E-state index contributed by atoms with van der Waals surface area (Å²) in [7, 11) is 0. The molecule has 0 saturated carbocycles. The number of Topliss-reactive ketones (excluding diaryl/α,β-unsaturated/α-hetero) is 1. The van der Waals surface area contributed by atoms with Crippen LogP contribution in [0.5, 0.6) is 0 Å². The number of aryl methyl sites for hydroxylation is 1. The smallest absolute Gasteiger partial charge is 0.243 e. The van der Waals surface area contributed by atoms with Crippen LogP contribution in [0.3, 0.4) is 0 Å². The highest BCUT2D eigenvalue weighted by Gasteiger charge is 2.38. The van der Waals surface area contributed by atoms with Crippen molar-refractivity contribution in [2.45, 2.75) is 96.5 Å². The van der Waals surface area contributed by atoms with Gasteiger partial charge in [-0.15, -0.1) is 0 Å². The van der Waals surface area contributed by atoms with Gasteiger partial charge in [0.25, 0.3) is 0 Å². The molecule has 0 aromatic heterocycles. The lowest BCUT2D eigenvalue weighted by Crippen LogP contribution is -2.60. The first kappa shape index (κ1) is 43.2. The maximum absolute atomic E-state index is 14.1. The van der Waals surface area contributed by atoms with Crippen LogP contribution < -0.4 is 21.3 Å². The van der Waals surface area contributed by atoms with Gasteiger partial charge >= 0.3 is 0 Å². The van der Waals surface area contributed by atoms with E-state index < -0.39 is 59.9 Å². The van der Waals surface area contributed by atoms with E-state index in [1.807, 2.05) is 81.1 Å². The fourth-order valence-electron chi connectivity index (χ4n) is 6.16. The third kappa shape index (κ3) is 15.0. The van der Waals surface area contributed by atoms with Crippen molar-refractivity contribution in [3.05, 3.63) is 71.8 Å². The van der Waals surface area contributed by atoms with E-state index in [1.54, 1.807) is 12.1 Å². The largest absolute Gasteiger partial charge is 0.393 e. The van der Waals surface area contributed by atoms with Crippen molar-refractivity contribution in [1.82, 2.24) is 26.2 Å². The van der Waals surface area contributed by atoms with Crippen molar-refractivity contribution < 1.29 is 38.9 Å². The molecule has 0 radical (unpaired) electrons. The first-order chi connectivity index (χ1) is 25.2. The van der Waals surface area contributed by atoms with E-state index >= 15 is 0 Å². The maximum Gasteiger partial charge on any atom is 0.243 e. The number of morpholine rings is 1. The molecule has 4 amide bonds. The van der Waals surface area contributed by atoms with Gasteiger partial charge in [0.15, 0.2) is 5.78 Å². The van der Waals surface area contributed by atoms with Crippen molar-refractivity contribution in [2.75, 3.05) is 39.5 Å². The average molecular weight is 738 g/mol. The quantitative estimate of drug-likeness (QED) is 0.111. The zero-order valence-electron chi connectivity index (χ0n) is 31.8. The van der Waals surface area contributed by atoms with E-state index in [0.717, 1.165) is 11.1 Å². The number of ether oxygens (including phenoxy) is 1. The lowest BCUT2D eigenvalue weighted by molar-refractivity contribution is -0.144. The van der Waals surface area contributed by atoms with Crippen LogP contribution in [0.15, 0.2) is 60.7 Å². The Morgan fingerprint density at radius 3 is 1.77 bits per heavy atom. The molecule has 5 atom stereocenters. The Morgan fingerprint density at radius 1 is 0.717 bits per heavy atom. The van der Waals surface area contributed by atoms with Gasteiger partial charge in [-0.3, -0.25) is 28.9 Å². The number of carbonyl (C=O) groups excluding carboxylic acids is 5. The summed E-state index contributed by atoms with van der Waals surface area (Å²) in [5.41, 5.74) is -0.337. The molecule has 6 N–H and O–H groups in total. The van der Waals surface area contributed by atoms with Gasteiger partial charge in [-0.25, -0.2) is 0 Å². The summed E-state index contributed by atoms with van der Waals surface area (Å²) in [4.78, 5) is 70.2. The van der Waals surface area contributed by atoms with Gasteiger partial charge in [0.2, 0.25) is 23.6 Å². The van der Waals surface area contributed by atoms with Crippen molar-refractivity contribution >= 4 is 29.4 Å². The number of aliphatic hydroxyl groups is 2. The summed E-state index contributed by atoms with van der Waals surface area (Å²) in [5, 5.41) is 31.5. The van der Waals surface area contributed by atoms with E-state index in [-0.39, 0.29) is 43.6 Å². The molecular formula is C40H59N5O8. The third-order valence-electron chi connectivity index (χ3n) is 9.12. The monoisotopic (exact) mass is 737 g/mol. The third-order valence-corrected chi connectivity index (χ3v) is 9.12. The number of ketones is 1. The van der Waals surface area contributed by atoms with Crippen molar-refractivity contribution in [3.63, 3.8) is 0 Å². The molecule has 1 fully saturated rings. The molecule has 53 heavy (non-hydrogen) atoms. The summed E-state index contributed by atoms with van der Waals surface area (Å²) in [6.45, 7) is 10.3. The van der Waals surface area contributed by atoms with Crippen LogP contribution in [-0.2, 0) is 41.6 Å². The number of aliphatic hydroxyl groups excluding tert-OH is 1. The Bertz CT molecular complexity index is 1460. The molecule has 1 saturated heterocycles. The normalized spacial score (nSPS) is 16.8. The second-order valence-corrected chi connectivity index (χ2v) is 15.0. The molecule has 0 aliphatic carbocycles. The van der Waals surface area contributed by atoms with Crippen LogP contribution in [0.4, 0.5) is 0 Å².